The van der Waals surface area contributed by atoms with Crippen LogP contribution in [0.15, 0.2) is 35.9 Å². The first-order chi connectivity index (χ1) is 9.56. The fourth-order valence-corrected chi connectivity index (χ4v) is 1.96. The number of esters is 1. The van der Waals surface area contributed by atoms with Crippen molar-refractivity contribution in [2.24, 2.45) is 0 Å². The van der Waals surface area contributed by atoms with Gasteiger partial charge >= 0.3 is 5.97 Å². The van der Waals surface area contributed by atoms with Gasteiger partial charge in [0.05, 0.1) is 17.7 Å². The van der Waals surface area contributed by atoms with Crippen molar-refractivity contribution >= 4 is 17.8 Å². The Morgan fingerprint density at radius 2 is 1.75 bits per heavy atom. The number of fused-ring (bicyclic) bond motifs is 1. The van der Waals surface area contributed by atoms with Crippen LogP contribution in [-0.2, 0) is 9.53 Å². The molecule has 0 unspecified atom stereocenters. The van der Waals surface area contributed by atoms with Gasteiger partial charge in [0, 0.05) is 12.1 Å². The van der Waals surface area contributed by atoms with Crippen LogP contribution in [0.1, 0.15) is 34.6 Å². The molecule has 0 aliphatic carbocycles. The van der Waals surface area contributed by atoms with Gasteiger partial charge in [0.25, 0.3) is 11.8 Å². The molecular formula is C15H15NO4. The number of imide groups is 1. The largest absolute Gasteiger partial charge is 0.463 e. The van der Waals surface area contributed by atoms with Crippen LogP contribution in [0.25, 0.3) is 0 Å². The summed E-state index contributed by atoms with van der Waals surface area (Å²) in [6, 6.07) is 6.68. The molecule has 104 valence electrons. The number of carbonyl (C=O) groups excluding carboxylic acids is 3. The molecule has 2 amide bonds. The van der Waals surface area contributed by atoms with Crippen molar-refractivity contribution in [3.8, 4) is 0 Å². The number of hydrogen-bond donors (Lipinski definition) is 0. The maximum Gasteiger partial charge on any atom is 0.333 e. The van der Waals surface area contributed by atoms with Gasteiger partial charge in [0.1, 0.15) is 0 Å². The predicted octanol–water partition coefficient (Wildman–Crippen LogP) is 1.79. The van der Waals surface area contributed by atoms with Crippen LogP contribution in [0.2, 0.25) is 0 Å². The fourth-order valence-electron chi connectivity index (χ4n) is 1.96. The topological polar surface area (TPSA) is 63.7 Å². The highest BCUT2D eigenvalue weighted by Crippen LogP contribution is 2.22. The van der Waals surface area contributed by atoms with Crippen molar-refractivity contribution in [2.45, 2.75) is 13.8 Å². The molecular weight excluding hydrogens is 258 g/mol. The molecule has 1 aromatic rings. The zero-order chi connectivity index (χ0) is 14.7. The summed E-state index contributed by atoms with van der Waals surface area (Å²) < 4.78 is 4.84. The molecule has 0 atom stereocenters. The van der Waals surface area contributed by atoms with E-state index in [-0.39, 0.29) is 25.0 Å². The summed E-state index contributed by atoms with van der Waals surface area (Å²) in [7, 11) is 0. The van der Waals surface area contributed by atoms with Crippen LogP contribution in [0.4, 0.5) is 0 Å². The normalized spacial score (nSPS) is 14.5. The van der Waals surface area contributed by atoms with E-state index < -0.39 is 5.97 Å². The third-order valence-electron chi connectivity index (χ3n) is 3.06. The molecule has 1 aliphatic heterocycles. The van der Waals surface area contributed by atoms with Crippen LogP contribution in [0, 0.1) is 0 Å². The Bertz CT molecular complexity index is 569. The number of carbonyl (C=O) groups is 3. The number of benzene rings is 1. The first-order valence-corrected chi connectivity index (χ1v) is 6.35. The van der Waals surface area contributed by atoms with Crippen molar-refractivity contribution in [2.75, 3.05) is 13.2 Å². The molecule has 5 nitrogen and oxygen atoms in total. The highest BCUT2D eigenvalue weighted by atomic mass is 16.5. The Kier molecular flexibility index (Phi) is 3.98. The van der Waals surface area contributed by atoms with Gasteiger partial charge in [0.2, 0.25) is 0 Å². The number of hydrogen-bond acceptors (Lipinski definition) is 4. The van der Waals surface area contributed by atoms with Gasteiger partial charge in [-0.1, -0.05) is 18.2 Å². The zero-order valence-corrected chi connectivity index (χ0v) is 11.4. The molecule has 0 fully saturated rings. The van der Waals surface area contributed by atoms with Crippen LogP contribution in [-0.4, -0.2) is 35.8 Å². The van der Waals surface area contributed by atoms with Crippen LogP contribution < -0.4 is 0 Å². The lowest BCUT2D eigenvalue weighted by Crippen LogP contribution is -2.30. The van der Waals surface area contributed by atoms with E-state index in [1.165, 1.54) is 6.08 Å². The van der Waals surface area contributed by atoms with Crippen molar-refractivity contribution in [3.63, 3.8) is 0 Å². The first-order valence-electron chi connectivity index (χ1n) is 6.35. The standard InChI is InChI=1S/C15H15NO4/c1-3-20-15(19)10(2)8-9-16-13(17)11-6-4-5-7-12(11)14(16)18/h4-8H,3,9H2,1-2H3. The number of rotatable bonds is 4. The van der Waals surface area contributed by atoms with E-state index in [2.05, 4.69) is 0 Å². The zero-order valence-electron chi connectivity index (χ0n) is 11.4. The predicted molar refractivity (Wildman–Crippen MR) is 72.2 cm³/mol. The lowest BCUT2D eigenvalue weighted by atomic mass is 10.1. The summed E-state index contributed by atoms with van der Waals surface area (Å²) in [6.07, 6.45) is 1.53. The van der Waals surface area contributed by atoms with Gasteiger partial charge in [-0.15, -0.1) is 0 Å². The average molecular weight is 273 g/mol. The van der Waals surface area contributed by atoms with Crippen molar-refractivity contribution in [1.82, 2.24) is 4.90 Å². The Morgan fingerprint density at radius 1 is 1.20 bits per heavy atom. The third-order valence-corrected chi connectivity index (χ3v) is 3.06. The first kappa shape index (κ1) is 14.0. The minimum Gasteiger partial charge on any atom is -0.463 e. The molecule has 1 heterocycles. The molecule has 2 rings (SSSR count). The Balaban J connectivity index is 2.13. The van der Waals surface area contributed by atoms with E-state index in [0.29, 0.717) is 16.7 Å². The van der Waals surface area contributed by atoms with Gasteiger partial charge in [-0.25, -0.2) is 4.79 Å². The molecule has 0 saturated carbocycles. The van der Waals surface area contributed by atoms with Crippen molar-refractivity contribution in [1.29, 1.82) is 0 Å². The second-order valence-electron chi connectivity index (χ2n) is 4.37. The Hall–Kier alpha value is -2.43. The molecule has 0 aromatic heterocycles. The SMILES string of the molecule is CCOC(=O)C(C)=CCN1C(=O)c2ccccc2C1=O. The molecule has 1 aromatic carbocycles. The van der Waals surface area contributed by atoms with Gasteiger partial charge in [-0.3, -0.25) is 14.5 Å². The molecule has 5 heteroatoms. The van der Waals surface area contributed by atoms with Crippen LogP contribution in [0.3, 0.4) is 0 Å². The Morgan fingerprint density at radius 3 is 2.25 bits per heavy atom. The summed E-state index contributed by atoms with van der Waals surface area (Å²) in [6.45, 7) is 3.67. The van der Waals surface area contributed by atoms with Crippen molar-refractivity contribution < 1.29 is 19.1 Å². The maximum absolute atomic E-state index is 12.1. The van der Waals surface area contributed by atoms with Gasteiger partial charge < -0.3 is 4.74 Å². The Labute approximate surface area is 116 Å². The second kappa shape index (κ2) is 5.69. The molecule has 0 saturated heterocycles. The lowest BCUT2D eigenvalue weighted by Gasteiger charge is -2.11. The molecule has 0 N–H and O–H groups in total. The summed E-state index contributed by atoms with van der Waals surface area (Å²) in [5.41, 5.74) is 1.18. The second-order valence-corrected chi connectivity index (χ2v) is 4.37. The van der Waals surface area contributed by atoms with Crippen LogP contribution in [0.5, 0.6) is 0 Å². The monoisotopic (exact) mass is 273 g/mol. The minimum atomic E-state index is -0.441. The summed E-state index contributed by atoms with van der Waals surface area (Å²) >= 11 is 0. The highest BCUT2D eigenvalue weighted by Gasteiger charge is 2.34. The summed E-state index contributed by atoms with van der Waals surface area (Å²) in [5.74, 6) is -1.11. The van der Waals surface area contributed by atoms with E-state index in [4.69, 9.17) is 4.74 Å². The van der Waals surface area contributed by atoms with Gasteiger partial charge in [-0.05, 0) is 26.0 Å². The smallest absolute Gasteiger partial charge is 0.333 e. The fraction of sp³-hybridized carbons (Fsp3) is 0.267. The van der Waals surface area contributed by atoms with E-state index in [9.17, 15) is 14.4 Å². The number of nitrogens with zero attached hydrogens (tertiary/aromatic N) is 1. The number of ether oxygens (including phenoxy) is 1. The highest BCUT2D eigenvalue weighted by molar-refractivity contribution is 6.21. The summed E-state index contributed by atoms with van der Waals surface area (Å²) in [5, 5.41) is 0. The molecule has 0 spiro atoms. The molecule has 1 aliphatic rings. The van der Waals surface area contributed by atoms with E-state index >= 15 is 0 Å². The molecule has 0 bridgehead atoms. The van der Waals surface area contributed by atoms with Gasteiger partial charge in [0.15, 0.2) is 0 Å². The summed E-state index contributed by atoms with van der Waals surface area (Å²) in [4.78, 5) is 36.7. The minimum absolute atomic E-state index is 0.0665. The third kappa shape index (κ3) is 2.47. The maximum atomic E-state index is 12.1. The average Bonchev–Trinajstić information content (AvgIpc) is 2.69. The van der Waals surface area contributed by atoms with E-state index in [1.807, 2.05) is 0 Å². The lowest BCUT2D eigenvalue weighted by molar-refractivity contribution is -0.138. The van der Waals surface area contributed by atoms with Crippen molar-refractivity contribution in [3.05, 3.63) is 47.0 Å². The molecule has 0 radical (unpaired) electrons. The van der Waals surface area contributed by atoms with E-state index in [0.717, 1.165) is 4.90 Å². The quantitative estimate of drug-likeness (QED) is 0.476. The van der Waals surface area contributed by atoms with Crippen LogP contribution >= 0.6 is 0 Å². The van der Waals surface area contributed by atoms with Gasteiger partial charge in [-0.2, -0.15) is 0 Å². The molecule has 20 heavy (non-hydrogen) atoms. The number of amides is 2. The van der Waals surface area contributed by atoms with E-state index in [1.54, 1.807) is 38.1 Å².